The molecule has 0 amide bonds. The summed E-state index contributed by atoms with van der Waals surface area (Å²) >= 11 is 1.52. The van der Waals surface area contributed by atoms with Gasteiger partial charge in [-0.05, 0) is 50.0 Å². The van der Waals surface area contributed by atoms with Gasteiger partial charge < -0.3 is 29.7 Å². The summed E-state index contributed by atoms with van der Waals surface area (Å²) in [4.78, 5) is 24.3. The maximum atomic E-state index is 13.6. The highest BCUT2D eigenvalue weighted by Gasteiger charge is 2.24. The Labute approximate surface area is 270 Å². The topological polar surface area (TPSA) is 126 Å². The third-order valence-corrected chi connectivity index (χ3v) is 10.5. The van der Waals surface area contributed by atoms with Crippen molar-refractivity contribution < 1.29 is 9.30 Å². The summed E-state index contributed by atoms with van der Waals surface area (Å²) < 4.78 is 21.3. The second kappa shape index (κ2) is 12.0. The highest BCUT2D eigenvalue weighted by molar-refractivity contribution is 7.71. The molecule has 1 aliphatic heterocycles. The highest BCUT2D eigenvalue weighted by Crippen LogP contribution is 2.43. The summed E-state index contributed by atoms with van der Waals surface area (Å²) in [7, 11) is 2.98. The number of hydrogen-bond donors (Lipinski definition) is 2. The van der Waals surface area contributed by atoms with E-state index in [2.05, 4.69) is 54.7 Å². The lowest BCUT2D eigenvalue weighted by Crippen LogP contribution is -2.44. The molecule has 1 fully saturated rings. The van der Waals surface area contributed by atoms with E-state index in [9.17, 15) is 4.57 Å². The molecule has 2 aromatic carbocycles. The summed E-state index contributed by atoms with van der Waals surface area (Å²) in [6.45, 7) is 7.28. The maximum absolute atomic E-state index is 13.6. The number of nitrogens with one attached hydrogen (secondary N) is 2. The number of methoxy groups -OCH3 is 1. The number of fused-ring (bicyclic) bond motifs is 2. The molecule has 1 aliphatic rings. The second-order valence-corrected chi connectivity index (χ2v) is 15.8. The van der Waals surface area contributed by atoms with Gasteiger partial charge in [0, 0.05) is 74.7 Å². The van der Waals surface area contributed by atoms with Gasteiger partial charge in [-0.25, -0.2) is 4.98 Å². The molecular weight excluding hydrogens is 619 g/mol. The van der Waals surface area contributed by atoms with Crippen LogP contribution < -0.4 is 25.6 Å². The Kier molecular flexibility index (Phi) is 7.83. The molecule has 14 heteroatoms. The molecule has 6 aromatic rings. The van der Waals surface area contributed by atoms with Crippen molar-refractivity contribution in [2.24, 2.45) is 7.05 Å². The Morgan fingerprint density at radius 3 is 2.50 bits per heavy atom. The predicted molar refractivity (Wildman–Crippen MR) is 188 cm³/mol. The molecule has 0 unspecified atom stereocenters. The Balaban J connectivity index is 1.31. The fourth-order valence-electron chi connectivity index (χ4n) is 5.86. The minimum absolute atomic E-state index is 0.401. The van der Waals surface area contributed by atoms with E-state index in [4.69, 9.17) is 14.7 Å². The van der Waals surface area contributed by atoms with Crippen molar-refractivity contribution in [2.45, 2.75) is 0 Å². The van der Waals surface area contributed by atoms with Crippen LogP contribution in [0.15, 0.2) is 60.5 Å². The molecule has 46 heavy (non-hydrogen) atoms. The number of thiophene rings is 1. The Bertz CT molecular complexity index is 2120. The Morgan fingerprint density at radius 1 is 0.957 bits per heavy atom. The lowest BCUT2D eigenvalue weighted by atomic mass is 10.0. The van der Waals surface area contributed by atoms with Crippen molar-refractivity contribution in [3.63, 3.8) is 0 Å². The van der Waals surface area contributed by atoms with Gasteiger partial charge >= 0.3 is 0 Å². The Hall–Kier alpha value is -4.58. The van der Waals surface area contributed by atoms with Crippen LogP contribution in [0, 0.1) is 0 Å². The zero-order chi connectivity index (χ0) is 32.0. The fourth-order valence-corrected chi connectivity index (χ4v) is 8.02. The van der Waals surface area contributed by atoms with Gasteiger partial charge in [-0.1, -0.05) is 0 Å². The van der Waals surface area contributed by atoms with E-state index in [1.807, 2.05) is 47.7 Å². The third-order valence-electron chi connectivity index (χ3n) is 8.15. The van der Waals surface area contributed by atoms with Gasteiger partial charge in [-0.2, -0.15) is 10.1 Å². The van der Waals surface area contributed by atoms with Crippen LogP contribution in [0.3, 0.4) is 0 Å². The zero-order valence-electron chi connectivity index (χ0n) is 26.4. The van der Waals surface area contributed by atoms with Crippen LogP contribution in [0.2, 0.25) is 0 Å². The molecule has 12 nitrogen and oxygen atoms in total. The largest absolute Gasteiger partial charge is 0.494 e. The molecule has 0 aliphatic carbocycles. The van der Waals surface area contributed by atoms with E-state index in [0.717, 1.165) is 58.9 Å². The minimum Gasteiger partial charge on any atom is -0.494 e. The molecule has 0 spiro atoms. The number of hydrogen-bond acceptors (Lipinski definition) is 12. The SMILES string of the molecule is COc1cc(N2CCN(C)CC2)c(-c2cnn(C)c2)cc1Nc1nc(Nc2ccc3nccnc3c2P(C)(C)=O)c2ccsc2n1. The number of aromatic nitrogens is 6. The number of likely N-dealkylation sites (N-methyl/N-ethyl adjacent to an activating group) is 1. The minimum atomic E-state index is -2.77. The van der Waals surface area contributed by atoms with Crippen molar-refractivity contribution in [2.75, 3.05) is 69.2 Å². The first-order valence-electron chi connectivity index (χ1n) is 14.9. The van der Waals surface area contributed by atoms with Gasteiger partial charge in [0.1, 0.15) is 29.1 Å². The molecule has 0 atom stereocenters. The molecule has 236 valence electrons. The average Bonchev–Trinajstić information content (AvgIpc) is 3.70. The van der Waals surface area contributed by atoms with Crippen molar-refractivity contribution >= 4 is 73.9 Å². The quantitative estimate of drug-likeness (QED) is 0.201. The lowest BCUT2D eigenvalue weighted by molar-refractivity contribution is 0.313. The number of aryl methyl sites for hydroxylation is 1. The summed E-state index contributed by atoms with van der Waals surface area (Å²) in [5.41, 5.74) is 5.85. The summed E-state index contributed by atoms with van der Waals surface area (Å²) in [5, 5.41) is 14.8. The van der Waals surface area contributed by atoms with Crippen molar-refractivity contribution in [3.8, 4) is 16.9 Å². The summed E-state index contributed by atoms with van der Waals surface area (Å²) in [5.74, 6) is 1.67. The monoisotopic (exact) mass is 654 g/mol. The molecule has 5 heterocycles. The molecular formula is C32H35N10O2PS. The summed E-state index contributed by atoms with van der Waals surface area (Å²) in [6.07, 6.45) is 7.16. The Morgan fingerprint density at radius 2 is 1.76 bits per heavy atom. The van der Waals surface area contributed by atoms with E-state index >= 15 is 0 Å². The third kappa shape index (κ3) is 5.77. The van der Waals surface area contributed by atoms with Crippen LogP contribution in [0.5, 0.6) is 5.75 Å². The van der Waals surface area contributed by atoms with E-state index in [1.54, 1.807) is 32.8 Å². The average molecular weight is 655 g/mol. The molecule has 4 aromatic heterocycles. The zero-order valence-corrected chi connectivity index (χ0v) is 28.1. The normalized spacial score (nSPS) is 14.2. The van der Waals surface area contributed by atoms with Crippen LogP contribution in [0.1, 0.15) is 0 Å². The number of benzene rings is 2. The number of nitrogens with zero attached hydrogens (tertiary/aromatic N) is 8. The molecule has 0 radical (unpaired) electrons. The van der Waals surface area contributed by atoms with Gasteiger partial charge in [-0.15, -0.1) is 11.3 Å². The van der Waals surface area contributed by atoms with E-state index in [0.29, 0.717) is 39.5 Å². The predicted octanol–water partition coefficient (Wildman–Crippen LogP) is 5.53. The number of anilines is 5. The molecule has 7 rings (SSSR count). The fraction of sp³-hybridized carbons (Fsp3) is 0.281. The first kappa shape index (κ1) is 30.1. The summed E-state index contributed by atoms with van der Waals surface area (Å²) in [6, 6.07) is 9.92. The lowest BCUT2D eigenvalue weighted by Gasteiger charge is -2.35. The maximum Gasteiger partial charge on any atom is 0.230 e. The standard InChI is InChI=1S/C32H35N10O2PS/c1-40-11-13-42(14-12-40)26-17-27(44-3)25(16-22(26)20-18-35-41(2)19-20)37-32-38-30(21-8-15-46-31(21)39-32)36-24-7-6-23-28(34-10-9-33-23)29(24)45(4,5)43/h6-10,15-19H,11-14H2,1-5H3,(H2,36,37,38,39). The van der Waals surface area contributed by atoms with E-state index < -0.39 is 7.14 Å². The number of rotatable bonds is 8. The smallest absolute Gasteiger partial charge is 0.230 e. The second-order valence-electron chi connectivity index (χ2n) is 11.8. The van der Waals surface area contributed by atoms with Crippen molar-refractivity contribution in [1.82, 2.24) is 34.6 Å². The molecule has 0 saturated carbocycles. The van der Waals surface area contributed by atoms with Gasteiger partial charge in [0.15, 0.2) is 0 Å². The van der Waals surface area contributed by atoms with Crippen LogP contribution >= 0.6 is 18.5 Å². The van der Waals surface area contributed by atoms with E-state index in [1.165, 1.54) is 11.3 Å². The van der Waals surface area contributed by atoms with Crippen LogP contribution in [0.25, 0.3) is 32.4 Å². The highest BCUT2D eigenvalue weighted by atomic mass is 32.1. The first-order valence-corrected chi connectivity index (χ1v) is 18.4. The first-order chi connectivity index (χ1) is 22.2. The van der Waals surface area contributed by atoms with Crippen LogP contribution in [0.4, 0.5) is 28.8 Å². The van der Waals surface area contributed by atoms with E-state index in [-0.39, 0.29) is 0 Å². The van der Waals surface area contributed by atoms with Gasteiger partial charge in [0.05, 0.1) is 40.9 Å². The number of piperazine rings is 1. The number of ether oxygens (including phenoxy) is 1. The van der Waals surface area contributed by atoms with Gasteiger partial charge in [-0.3, -0.25) is 14.6 Å². The van der Waals surface area contributed by atoms with Crippen molar-refractivity contribution in [3.05, 3.63) is 60.5 Å². The molecule has 0 bridgehead atoms. The van der Waals surface area contributed by atoms with Gasteiger partial charge in [0.2, 0.25) is 5.95 Å². The molecule has 1 saturated heterocycles. The van der Waals surface area contributed by atoms with Crippen LogP contribution in [-0.2, 0) is 11.6 Å². The van der Waals surface area contributed by atoms with Gasteiger partial charge in [0.25, 0.3) is 0 Å². The van der Waals surface area contributed by atoms with Crippen molar-refractivity contribution in [1.29, 1.82) is 0 Å². The molecule has 2 N–H and O–H groups in total. The van der Waals surface area contributed by atoms with Crippen LogP contribution in [-0.4, -0.2) is 88.3 Å².